The molecule has 2 N–H and O–H groups in total. The van der Waals surface area contributed by atoms with Crippen molar-refractivity contribution in [2.45, 2.75) is 13.0 Å². The Morgan fingerprint density at radius 2 is 1.84 bits per heavy atom. The Morgan fingerprint density at radius 1 is 1.03 bits per heavy atom. The van der Waals surface area contributed by atoms with Crippen LogP contribution >= 0.6 is 11.6 Å². The van der Waals surface area contributed by atoms with E-state index in [0.717, 1.165) is 39.1 Å². The Balaban J connectivity index is 1.82. The number of amides is 2. The maximum Gasteiger partial charge on any atom is 0.259 e. The van der Waals surface area contributed by atoms with Crippen molar-refractivity contribution in [2.24, 2.45) is 5.92 Å². The molecule has 0 radical (unpaired) electrons. The predicted molar refractivity (Wildman–Crippen MR) is 118 cm³/mol. The van der Waals surface area contributed by atoms with E-state index in [0.29, 0.717) is 34.5 Å². The molecule has 3 aromatic carbocycles. The second-order valence-electron chi connectivity index (χ2n) is 8.47. The average Bonchev–Trinajstić information content (AvgIpc) is 3.38. The highest BCUT2D eigenvalue weighted by Gasteiger charge is 2.37. The van der Waals surface area contributed by atoms with Gasteiger partial charge < -0.3 is 9.55 Å². The highest BCUT2D eigenvalue weighted by molar-refractivity contribution is 6.39. The molecule has 0 saturated heterocycles. The van der Waals surface area contributed by atoms with Crippen LogP contribution in [-0.4, -0.2) is 27.2 Å². The maximum atomic E-state index is 14.0. The summed E-state index contributed by atoms with van der Waals surface area (Å²) in [7, 11) is 0. The molecule has 2 amide bonds. The number of fused-ring (bicyclic) bond motifs is 10. The number of carbonyl (C=O) groups excluding carboxylic acids is 2. The lowest BCUT2D eigenvalue weighted by Crippen LogP contribution is -2.20. The van der Waals surface area contributed by atoms with E-state index < -0.39 is 5.91 Å². The smallest absolute Gasteiger partial charge is 0.259 e. The SMILES string of the molecule is O=C1NC(=O)c2c1c1c3ccc(F)cc3[nH]c1c1c2c2cccc3c2n1CC(CCl)C3. The lowest BCUT2D eigenvalue weighted by Gasteiger charge is -2.23. The van der Waals surface area contributed by atoms with E-state index in [1.165, 1.54) is 17.7 Å². The number of aromatic nitrogens is 2. The second kappa shape index (κ2) is 5.65. The molecule has 31 heavy (non-hydrogen) atoms. The number of rotatable bonds is 1. The maximum absolute atomic E-state index is 14.0. The minimum Gasteiger partial charge on any atom is -0.353 e. The lowest BCUT2D eigenvalue weighted by molar-refractivity contribution is 0.0880. The minimum absolute atomic E-state index is 0.260. The fourth-order valence-corrected chi connectivity index (χ4v) is 5.83. The molecule has 5 nitrogen and oxygen atoms in total. The first kappa shape index (κ1) is 17.3. The van der Waals surface area contributed by atoms with E-state index in [4.69, 9.17) is 11.6 Å². The van der Waals surface area contributed by atoms with Crippen molar-refractivity contribution in [1.29, 1.82) is 0 Å². The number of nitrogens with one attached hydrogen (secondary N) is 2. The van der Waals surface area contributed by atoms with Crippen molar-refractivity contribution in [2.75, 3.05) is 5.88 Å². The molecule has 0 aliphatic carbocycles. The molecule has 4 heterocycles. The number of nitrogens with zero attached hydrogens (tertiary/aromatic N) is 1. The Kier molecular flexibility index (Phi) is 3.15. The van der Waals surface area contributed by atoms with Crippen molar-refractivity contribution in [3.05, 3.63) is 58.9 Å². The van der Waals surface area contributed by atoms with Crippen LogP contribution in [0.3, 0.4) is 0 Å². The lowest BCUT2D eigenvalue weighted by atomic mass is 9.94. The monoisotopic (exact) mass is 431 g/mol. The summed E-state index contributed by atoms with van der Waals surface area (Å²) in [5.74, 6) is -0.376. The molecule has 2 aliphatic rings. The van der Waals surface area contributed by atoms with Gasteiger partial charge in [-0.1, -0.05) is 18.2 Å². The third-order valence-electron chi connectivity index (χ3n) is 6.76. The average molecular weight is 432 g/mol. The van der Waals surface area contributed by atoms with Crippen molar-refractivity contribution < 1.29 is 14.0 Å². The molecule has 152 valence electrons. The van der Waals surface area contributed by atoms with Crippen LogP contribution < -0.4 is 5.32 Å². The van der Waals surface area contributed by atoms with E-state index in [2.05, 4.69) is 20.9 Å². The fourth-order valence-electron chi connectivity index (χ4n) is 5.62. The van der Waals surface area contributed by atoms with Crippen LogP contribution in [0.2, 0.25) is 0 Å². The fraction of sp³-hybridized carbons (Fsp3) is 0.167. The zero-order valence-electron chi connectivity index (χ0n) is 16.2. The number of para-hydroxylation sites is 1. The Bertz CT molecular complexity index is 1660. The van der Waals surface area contributed by atoms with Crippen LogP contribution in [0.15, 0.2) is 36.4 Å². The van der Waals surface area contributed by atoms with E-state index in [-0.39, 0.29) is 17.6 Å². The largest absolute Gasteiger partial charge is 0.353 e. The standard InChI is InChI=1S/C24H15ClFN3O2/c25-8-10-6-11-2-1-3-14-17-19-18(23(30)28-24(19)31)16-13-5-4-12(26)7-15(13)27-20(16)22(17)29(9-10)21(11)14/h1-5,7,10,27H,6,8-9H2,(H,28,30,31). The van der Waals surface area contributed by atoms with Gasteiger partial charge in [-0.05, 0) is 36.1 Å². The number of carbonyl (C=O) groups is 2. The van der Waals surface area contributed by atoms with Gasteiger partial charge in [-0.2, -0.15) is 0 Å². The summed E-state index contributed by atoms with van der Waals surface area (Å²) in [5, 5.41) is 5.58. The molecule has 5 aromatic rings. The Labute approximate surface area is 179 Å². The molecule has 2 aliphatic heterocycles. The van der Waals surface area contributed by atoms with Crippen LogP contribution in [-0.2, 0) is 13.0 Å². The zero-order valence-corrected chi connectivity index (χ0v) is 16.9. The second-order valence-corrected chi connectivity index (χ2v) is 8.78. The summed E-state index contributed by atoms with van der Waals surface area (Å²) in [5.41, 5.74) is 5.24. The van der Waals surface area contributed by atoms with Crippen LogP contribution in [0.25, 0.3) is 43.6 Å². The van der Waals surface area contributed by atoms with Gasteiger partial charge in [-0.3, -0.25) is 14.9 Å². The topological polar surface area (TPSA) is 66.9 Å². The van der Waals surface area contributed by atoms with E-state index in [1.54, 1.807) is 6.07 Å². The molecule has 7 rings (SSSR count). The van der Waals surface area contributed by atoms with E-state index >= 15 is 0 Å². The zero-order chi connectivity index (χ0) is 21.0. The molecule has 2 aromatic heterocycles. The molecule has 7 heteroatoms. The van der Waals surface area contributed by atoms with E-state index in [9.17, 15) is 14.0 Å². The summed E-state index contributed by atoms with van der Waals surface area (Å²) < 4.78 is 16.2. The number of alkyl halides is 1. The van der Waals surface area contributed by atoms with Gasteiger partial charge in [0.15, 0.2) is 0 Å². The van der Waals surface area contributed by atoms with Gasteiger partial charge in [-0.15, -0.1) is 11.6 Å². The molecule has 0 fully saturated rings. The summed E-state index contributed by atoms with van der Waals surface area (Å²) in [6, 6.07) is 10.6. The number of hydrogen-bond acceptors (Lipinski definition) is 2. The summed E-state index contributed by atoms with van der Waals surface area (Å²) in [6.45, 7) is 0.716. The molecule has 1 atom stereocenters. The first-order valence-electron chi connectivity index (χ1n) is 10.2. The Hall–Kier alpha value is -3.38. The third kappa shape index (κ3) is 2.01. The molecule has 1 unspecified atom stereocenters. The predicted octanol–water partition coefficient (Wildman–Crippen LogP) is 4.86. The molecule has 0 spiro atoms. The summed E-state index contributed by atoms with van der Waals surface area (Å²) in [6.07, 6.45) is 0.867. The first-order valence-corrected chi connectivity index (χ1v) is 10.7. The highest BCUT2D eigenvalue weighted by atomic mass is 35.5. The summed E-state index contributed by atoms with van der Waals surface area (Å²) >= 11 is 6.26. The van der Waals surface area contributed by atoms with Crippen LogP contribution in [0.4, 0.5) is 4.39 Å². The van der Waals surface area contributed by atoms with Gasteiger partial charge in [-0.25, -0.2) is 4.39 Å². The number of aromatic amines is 1. The van der Waals surface area contributed by atoms with Gasteiger partial charge in [0.1, 0.15) is 5.82 Å². The number of H-pyrrole nitrogens is 1. The van der Waals surface area contributed by atoms with Gasteiger partial charge in [0.25, 0.3) is 11.8 Å². The Morgan fingerprint density at radius 3 is 2.65 bits per heavy atom. The van der Waals surface area contributed by atoms with Crippen LogP contribution in [0.1, 0.15) is 26.3 Å². The number of halogens is 2. The third-order valence-corrected chi connectivity index (χ3v) is 7.20. The first-order chi connectivity index (χ1) is 15.1. The van der Waals surface area contributed by atoms with Gasteiger partial charge in [0.05, 0.1) is 27.7 Å². The van der Waals surface area contributed by atoms with Gasteiger partial charge >= 0.3 is 0 Å². The van der Waals surface area contributed by atoms with Crippen molar-refractivity contribution in [1.82, 2.24) is 14.9 Å². The van der Waals surface area contributed by atoms with Crippen molar-refractivity contribution in [3.8, 4) is 0 Å². The minimum atomic E-state index is -0.414. The van der Waals surface area contributed by atoms with E-state index in [1.807, 2.05) is 12.1 Å². The van der Waals surface area contributed by atoms with Crippen molar-refractivity contribution in [3.63, 3.8) is 0 Å². The quantitative estimate of drug-likeness (QED) is 0.294. The van der Waals surface area contributed by atoms with Gasteiger partial charge in [0.2, 0.25) is 0 Å². The number of imide groups is 1. The summed E-state index contributed by atoms with van der Waals surface area (Å²) in [4.78, 5) is 29.2. The molecule has 0 saturated carbocycles. The van der Waals surface area contributed by atoms with Crippen molar-refractivity contribution >= 4 is 67.0 Å². The number of benzene rings is 3. The highest BCUT2D eigenvalue weighted by Crippen LogP contribution is 2.45. The molecule has 0 bridgehead atoms. The normalized spacial score (nSPS) is 17.9. The van der Waals surface area contributed by atoms with Crippen LogP contribution in [0, 0.1) is 11.7 Å². The van der Waals surface area contributed by atoms with Gasteiger partial charge in [0, 0.05) is 39.5 Å². The molecular formula is C24H15ClFN3O2. The number of hydrogen-bond donors (Lipinski definition) is 2. The molecular weight excluding hydrogens is 417 g/mol. The van der Waals surface area contributed by atoms with Crippen LogP contribution in [0.5, 0.6) is 0 Å².